The highest BCUT2D eigenvalue weighted by atomic mass is 16.2. The molecule has 2 aromatic carbocycles. The molecule has 0 saturated carbocycles. The summed E-state index contributed by atoms with van der Waals surface area (Å²) in [5, 5.41) is 5.09. The van der Waals surface area contributed by atoms with Crippen LogP contribution >= 0.6 is 0 Å². The number of nitrogens with one attached hydrogen (secondary N) is 2. The average molecular weight is 392 g/mol. The lowest BCUT2D eigenvalue weighted by Gasteiger charge is -2.24. The topological polar surface area (TPSA) is 93.1 Å². The Morgan fingerprint density at radius 2 is 1.59 bits per heavy atom. The van der Waals surface area contributed by atoms with E-state index in [4.69, 9.17) is 0 Å². The minimum Gasteiger partial charge on any atom is -0.272 e. The lowest BCUT2D eigenvalue weighted by Crippen LogP contribution is -2.49. The van der Waals surface area contributed by atoms with Gasteiger partial charge in [-0.05, 0) is 31.9 Å². The van der Waals surface area contributed by atoms with E-state index < -0.39 is 11.3 Å². The molecule has 2 N–H and O–H groups in total. The number of hydrogen-bond donors (Lipinski definition) is 2. The van der Waals surface area contributed by atoms with Crippen LogP contribution in [0.5, 0.6) is 0 Å². The molecular weight excluding hydrogens is 368 g/mol. The number of carbonyl (C=O) groups is 2. The lowest BCUT2D eigenvalue weighted by atomic mass is 9.84. The third-order valence-corrected chi connectivity index (χ3v) is 4.87. The van der Waals surface area contributed by atoms with Crippen LogP contribution in [0.25, 0.3) is 10.8 Å². The molecule has 0 spiro atoms. The highest BCUT2D eigenvalue weighted by Crippen LogP contribution is 2.22. The number of hydrazine groups is 1. The minimum absolute atomic E-state index is 0.0893. The molecule has 0 aliphatic heterocycles. The fraction of sp³-hybridized carbons (Fsp3) is 0.273. The van der Waals surface area contributed by atoms with Gasteiger partial charge in [0.1, 0.15) is 0 Å². The molecule has 0 bridgehead atoms. The zero-order valence-corrected chi connectivity index (χ0v) is 16.7. The summed E-state index contributed by atoms with van der Waals surface area (Å²) >= 11 is 0. The van der Waals surface area contributed by atoms with Crippen molar-refractivity contribution in [3.05, 3.63) is 76.2 Å². The molecule has 0 atom stereocenters. The molecule has 0 saturated heterocycles. The van der Waals surface area contributed by atoms with Crippen molar-refractivity contribution in [1.82, 2.24) is 20.6 Å². The summed E-state index contributed by atoms with van der Waals surface area (Å²) < 4.78 is 1.28. The predicted molar refractivity (Wildman–Crippen MR) is 111 cm³/mol. The van der Waals surface area contributed by atoms with Crippen molar-refractivity contribution in [1.29, 1.82) is 0 Å². The van der Waals surface area contributed by atoms with Crippen LogP contribution in [0.4, 0.5) is 0 Å². The number of nitrogens with zero attached hydrogens (tertiary/aromatic N) is 2. The number of carbonyl (C=O) groups excluding carboxylic acids is 2. The van der Waals surface area contributed by atoms with Gasteiger partial charge in [0, 0.05) is 11.9 Å². The summed E-state index contributed by atoms with van der Waals surface area (Å²) in [5.74, 6) is -0.938. The molecule has 3 rings (SSSR count). The molecule has 0 aliphatic rings. The molecule has 7 nitrogen and oxygen atoms in total. The van der Waals surface area contributed by atoms with Gasteiger partial charge in [0.25, 0.3) is 11.5 Å². The summed E-state index contributed by atoms with van der Waals surface area (Å²) in [7, 11) is 0. The maximum absolute atomic E-state index is 12.8. The molecule has 0 aliphatic carbocycles. The molecule has 0 unspecified atom stereocenters. The van der Waals surface area contributed by atoms with E-state index in [1.807, 2.05) is 37.3 Å². The number of amides is 2. The van der Waals surface area contributed by atoms with Gasteiger partial charge >= 0.3 is 0 Å². The second kappa shape index (κ2) is 8.26. The zero-order chi connectivity index (χ0) is 21.0. The van der Waals surface area contributed by atoms with Gasteiger partial charge in [0.2, 0.25) is 5.91 Å². The first kappa shape index (κ1) is 20.3. The van der Waals surface area contributed by atoms with E-state index >= 15 is 0 Å². The number of benzene rings is 2. The van der Waals surface area contributed by atoms with Gasteiger partial charge in [-0.25, -0.2) is 4.68 Å². The normalized spacial score (nSPS) is 11.3. The Kier molecular flexibility index (Phi) is 5.77. The van der Waals surface area contributed by atoms with Crippen LogP contribution in [0.2, 0.25) is 0 Å². The van der Waals surface area contributed by atoms with Gasteiger partial charge < -0.3 is 0 Å². The lowest BCUT2D eigenvalue weighted by molar-refractivity contribution is -0.126. The van der Waals surface area contributed by atoms with Crippen molar-refractivity contribution in [2.24, 2.45) is 0 Å². The van der Waals surface area contributed by atoms with Crippen molar-refractivity contribution in [3.8, 4) is 0 Å². The third kappa shape index (κ3) is 4.03. The van der Waals surface area contributed by atoms with Gasteiger partial charge in [-0.1, -0.05) is 55.5 Å². The van der Waals surface area contributed by atoms with Crippen LogP contribution in [0, 0.1) is 0 Å². The third-order valence-electron chi connectivity index (χ3n) is 4.87. The van der Waals surface area contributed by atoms with Crippen molar-refractivity contribution in [3.63, 3.8) is 0 Å². The van der Waals surface area contributed by atoms with Crippen molar-refractivity contribution in [2.45, 2.75) is 39.2 Å². The summed E-state index contributed by atoms with van der Waals surface area (Å²) in [6, 6.07) is 16.1. The summed E-state index contributed by atoms with van der Waals surface area (Å²) in [6.07, 6.45) is 0.703. The van der Waals surface area contributed by atoms with Crippen molar-refractivity contribution in [2.75, 3.05) is 0 Å². The molecule has 0 fully saturated rings. The quantitative estimate of drug-likeness (QED) is 0.653. The van der Waals surface area contributed by atoms with E-state index in [9.17, 15) is 14.4 Å². The average Bonchev–Trinajstić information content (AvgIpc) is 2.74. The van der Waals surface area contributed by atoms with Gasteiger partial charge in [-0.2, -0.15) is 5.10 Å². The van der Waals surface area contributed by atoms with Crippen molar-refractivity contribution >= 4 is 22.6 Å². The Morgan fingerprint density at radius 3 is 2.24 bits per heavy atom. The smallest absolute Gasteiger partial charge is 0.272 e. The molecule has 2 amide bonds. The summed E-state index contributed by atoms with van der Waals surface area (Å²) in [6.45, 7) is 5.88. The second-order valence-corrected chi connectivity index (χ2v) is 7.32. The van der Waals surface area contributed by atoms with Crippen LogP contribution in [-0.4, -0.2) is 21.6 Å². The predicted octanol–water partition coefficient (Wildman–Crippen LogP) is 2.55. The number of aryl methyl sites for hydroxylation is 1. The van der Waals surface area contributed by atoms with E-state index in [-0.39, 0.29) is 17.2 Å². The van der Waals surface area contributed by atoms with Crippen LogP contribution in [0.1, 0.15) is 43.2 Å². The summed E-state index contributed by atoms with van der Waals surface area (Å²) in [5.41, 5.74) is 4.75. The van der Waals surface area contributed by atoms with E-state index in [1.165, 1.54) is 4.68 Å². The number of rotatable bonds is 5. The van der Waals surface area contributed by atoms with Gasteiger partial charge in [-0.15, -0.1) is 0 Å². The first-order valence-corrected chi connectivity index (χ1v) is 9.52. The number of fused-ring (bicyclic) bond motifs is 1. The molecule has 3 aromatic rings. The highest BCUT2D eigenvalue weighted by molar-refractivity contribution is 6.05. The van der Waals surface area contributed by atoms with E-state index in [0.29, 0.717) is 23.7 Å². The molecular formula is C22H24N4O3. The Bertz CT molecular complexity index is 1100. The zero-order valence-electron chi connectivity index (χ0n) is 16.7. The molecule has 1 aromatic heterocycles. The van der Waals surface area contributed by atoms with E-state index in [2.05, 4.69) is 16.0 Å². The van der Waals surface area contributed by atoms with Crippen LogP contribution in [0.3, 0.4) is 0 Å². The fourth-order valence-electron chi connectivity index (χ4n) is 3.08. The maximum atomic E-state index is 12.8. The fourth-order valence-corrected chi connectivity index (χ4v) is 3.08. The van der Waals surface area contributed by atoms with Crippen LogP contribution in [0.15, 0.2) is 59.4 Å². The Morgan fingerprint density at radius 1 is 0.966 bits per heavy atom. The van der Waals surface area contributed by atoms with Crippen molar-refractivity contribution < 1.29 is 9.59 Å². The second-order valence-electron chi connectivity index (χ2n) is 7.32. The largest absolute Gasteiger partial charge is 0.290 e. The highest BCUT2D eigenvalue weighted by Gasteiger charge is 2.30. The van der Waals surface area contributed by atoms with Crippen LogP contribution in [-0.2, 0) is 16.8 Å². The first-order valence-electron chi connectivity index (χ1n) is 9.52. The molecule has 0 radical (unpaired) electrons. The Labute approximate surface area is 168 Å². The van der Waals surface area contributed by atoms with E-state index in [1.54, 1.807) is 38.1 Å². The maximum Gasteiger partial charge on any atom is 0.290 e. The molecule has 7 heteroatoms. The molecule has 150 valence electrons. The minimum atomic E-state index is -0.842. The Balaban J connectivity index is 1.86. The Hall–Kier alpha value is -3.48. The van der Waals surface area contributed by atoms with Gasteiger partial charge in [0.05, 0.1) is 10.8 Å². The van der Waals surface area contributed by atoms with Gasteiger partial charge in [0.15, 0.2) is 5.69 Å². The SMILES string of the molecule is CCCn1nc(C(=O)NNC(=O)C(C)(C)c2ccccc2)c2ccccc2c1=O. The molecule has 1 heterocycles. The standard InChI is InChI=1S/C22H24N4O3/c1-4-14-26-20(28)17-13-9-8-12-16(17)18(25-26)19(27)23-24-21(29)22(2,3)15-10-6-5-7-11-15/h5-13H,4,14H2,1-3H3,(H,23,27)(H,24,29). The first-order chi connectivity index (χ1) is 13.9. The van der Waals surface area contributed by atoms with Crippen LogP contribution < -0.4 is 16.4 Å². The van der Waals surface area contributed by atoms with E-state index in [0.717, 1.165) is 5.56 Å². The number of hydrogen-bond acceptors (Lipinski definition) is 4. The van der Waals surface area contributed by atoms with Gasteiger partial charge in [-0.3, -0.25) is 25.2 Å². The number of aromatic nitrogens is 2. The molecule has 29 heavy (non-hydrogen) atoms. The summed E-state index contributed by atoms with van der Waals surface area (Å²) in [4.78, 5) is 38.0. The monoisotopic (exact) mass is 392 g/mol.